The molecule has 31 heavy (non-hydrogen) atoms. The Balaban J connectivity index is 1.38. The third-order valence-electron chi connectivity index (χ3n) is 6.53. The van der Waals surface area contributed by atoms with Crippen molar-refractivity contribution in [1.82, 2.24) is 29.5 Å². The molecule has 1 saturated carbocycles. The van der Waals surface area contributed by atoms with Gasteiger partial charge >= 0.3 is 0 Å². The standard InChI is InChI=1S/C21H28N8O2/c1-27-21-15(12-25-27)20(23-13-24-21)22-11-14-5-2-3-10-28(14)18-8-9-19(31)29(26-18)16-6-4-7-17(16)30/h8-9,12-14,16-17,30H,2-7,10-11H2,1H3,(H,22,23,24). The summed E-state index contributed by atoms with van der Waals surface area (Å²) in [4.78, 5) is 23.4. The molecule has 3 aromatic heterocycles. The third kappa shape index (κ3) is 3.76. The Morgan fingerprint density at radius 1 is 1.16 bits per heavy atom. The van der Waals surface area contributed by atoms with Crippen LogP contribution in [0, 0.1) is 0 Å². The van der Waals surface area contributed by atoms with Crippen LogP contribution in [0.4, 0.5) is 11.6 Å². The summed E-state index contributed by atoms with van der Waals surface area (Å²) in [6.07, 6.45) is 8.52. The minimum absolute atomic E-state index is 0.152. The summed E-state index contributed by atoms with van der Waals surface area (Å²) in [5, 5.41) is 23.6. The van der Waals surface area contributed by atoms with E-state index in [0.29, 0.717) is 6.54 Å². The predicted molar refractivity (Wildman–Crippen MR) is 117 cm³/mol. The molecule has 0 aromatic carbocycles. The molecule has 0 radical (unpaired) electrons. The Hall–Kier alpha value is -3.01. The minimum atomic E-state index is -0.501. The van der Waals surface area contributed by atoms with E-state index in [-0.39, 0.29) is 17.6 Å². The summed E-state index contributed by atoms with van der Waals surface area (Å²) in [6.45, 7) is 1.59. The van der Waals surface area contributed by atoms with Gasteiger partial charge in [0, 0.05) is 32.2 Å². The topological polar surface area (TPSA) is 114 Å². The number of rotatable bonds is 5. The number of aromatic nitrogens is 6. The van der Waals surface area contributed by atoms with Crippen molar-refractivity contribution >= 4 is 22.7 Å². The number of hydrogen-bond donors (Lipinski definition) is 2. The lowest BCUT2D eigenvalue weighted by Gasteiger charge is -2.37. The highest BCUT2D eigenvalue weighted by atomic mass is 16.3. The molecule has 1 aliphatic heterocycles. The zero-order valence-electron chi connectivity index (χ0n) is 17.7. The highest BCUT2D eigenvalue weighted by molar-refractivity contribution is 5.85. The van der Waals surface area contributed by atoms with Crippen LogP contribution >= 0.6 is 0 Å². The van der Waals surface area contributed by atoms with Gasteiger partial charge < -0.3 is 15.3 Å². The maximum atomic E-state index is 12.4. The fourth-order valence-corrected chi connectivity index (χ4v) is 4.84. The zero-order chi connectivity index (χ0) is 21.4. The fraction of sp³-hybridized carbons (Fsp3) is 0.571. The number of aryl methyl sites for hydroxylation is 1. The molecule has 164 valence electrons. The molecule has 1 aliphatic carbocycles. The zero-order valence-corrected chi connectivity index (χ0v) is 17.7. The van der Waals surface area contributed by atoms with Gasteiger partial charge in [-0.3, -0.25) is 9.48 Å². The number of nitrogens with zero attached hydrogens (tertiary/aromatic N) is 7. The SMILES string of the molecule is Cn1ncc2c(NCC3CCCCN3c3ccc(=O)n(C4CCCC4O)n3)ncnc21. The van der Waals surface area contributed by atoms with Crippen LogP contribution in [0.1, 0.15) is 44.6 Å². The number of piperidine rings is 1. The highest BCUT2D eigenvalue weighted by Crippen LogP contribution is 2.30. The Labute approximate surface area is 179 Å². The maximum Gasteiger partial charge on any atom is 0.267 e. The Bertz CT molecular complexity index is 1130. The van der Waals surface area contributed by atoms with Crippen molar-refractivity contribution in [2.24, 2.45) is 7.05 Å². The van der Waals surface area contributed by atoms with Gasteiger partial charge in [0.2, 0.25) is 0 Å². The summed E-state index contributed by atoms with van der Waals surface area (Å²) >= 11 is 0. The first-order valence-corrected chi connectivity index (χ1v) is 11.0. The van der Waals surface area contributed by atoms with Crippen LogP contribution in [0.5, 0.6) is 0 Å². The molecule has 10 heteroatoms. The Morgan fingerprint density at radius 3 is 2.90 bits per heavy atom. The molecule has 2 fully saturated rings. The van der Waals surface area contributed by atoms with Gasteiger partial charge in [-0.1, -0.05) is 0 Å². The summed E-state index contributed by atoms with van der Waals surface area (Å²) in [7, 11) is 1.86. The third-order valence-corrected chi connectivity index (χ3v) is 6.53. The van der Waals surface area contributed by atoms with E-state index in [4.69, 9.17) is 5.10 Å². The largest absolute Gasteiger partial charge is 0.391 e. The van der Waals surface area contributed by atoms with Crippen LogP contribution in [0.15, 0.2) is 29.5 Å². The van der Waals surface area contributed by atoms with E-state index in [1.54, 1.807) is 23.3 Å². The second kappa shape index (κ2) is 8.26. The van der Waals surface area contributed by atoms with E-state index >= 15 is 0 Å². The number of nitrogens with one attached hydrogen (secondary N) is 1. The molecule has 10 nitrogen and oxygen atoms in total. The molecule has 0 amide bonds. The van der Waals surface area contributed by atoms with E-state index in [9.17, 15) is 9.90 Å². The molecule has 3 unspecified atom stereocenters. The summed E-state index contributed by atoms with van der Waals surface area (Å²) in [6, 6.07) is 3.38. The molecule has 1 saturated heterocycles. The second-order valence-corrected chi connectivity index (χ2v) is 8.49. The van der Waals surface area contributed by atoms with Gasteiger partial charge in [0.1, 0.15) is 18.0 Å². The molecular formula is C21H28N8O2. The van der Waals surface area contributed by atoms with Gasteiger partial charge in [0.15, 0.2) is 5.65 Å². The van der Waals surface area contributed by atoms with Gasteiger partial charge in [-0.2, -0.15) is 10.2 Å². The quantitative estimate of drug-likeness (QED) is 0.633. The molecule has 5 rings (SSSR count). The average Bonchev–Trinajstić information content (AvgIpc) is 3.39. The van der Waals surface area contributed by atoms with Gasteiger partial charge in [-0.05, 0) is 44.6 Å². The van der Waals surface area contributed by atoms with Crippen LogP contribution in [0.3, 0.4) is 0 Å². The van der Waals surface area contributed by atoms with Crippen molar-refractivity contribution in [2.75, 3.05) is 23.3 Å². The van der Waals surface area contributed by atoms with Crippen LogP contribution < -0.4 is 15.8 Å². The van der Waals surface area contributed by atoms with E-state index in [2.05, 4.69) is 25.3 Å². The monoisotopic (exact) mass is 424 g/mol. The molecule has 2 aliphatic rings. The van der Waals surface area contributed by atoms with E-state index in [1.165, 1.54) is 4.68 Å². The van der Waals surface area contributed by atoms with Crippen LogP contribution in [0.2, 0.25) is 0 Å². The number of aliphatic hydroxyl groups is 1. The van der Waals surface area contributed by atoms with E-state index < -0.39 is 6.10 Å². The summed E-state index contributed by atoms with van der Waals surface area (Å²) < 4.78 is 3.23. The van der Waals surface area contributed by atoms with Crippen LogP contribution in [-0.2, 0) is 7.05 Å². The smallest absolute Gasteiger partial charge is 0.267 e. The molecule has 2 N–H and O–H groups in total. The van der Waals surface area contributed by atoms with Crippen molar-refractivity contribution in [2.45, 2.75) is 56.7 Å². The fourth-order valence-electron chi connectivity index (χ4n) is 4.84. The summed E-state index contributed by atoms with van der Waals surface area (Å²) in [5.41, 5.74) is 0.642. The van der Waals surface area contributed by atoms with Gasteiger partial charge in [0.05, 0.1) is 23.7 Å². The molecule has 3 atom stereocenters. The first kappa shape index (κ1) is 19.9. The Morgan fingerprint density at radius 2 is 2.06 bits per heavy atom. The number of anilines is 2. The van der Waals surface area contributed by atoms with E-state index in [0.717, 1.165) is 67.7 Å². The average molecular weight is 425 g/mol. The van der Waals surface area contributed by atoms with Gasteiger partial charge in [0.25, 0.3) is 5.56 Å². The van der Waals surface area contributed by atoms with E-state index in [1.807, 2.05) is 13.1 Å². The molecular weight excluding hydrogens is 396 g/mol. The van der Waals surface area contributed by atoms with Gasteiger partial charge in [-0.25, -0.2) is 14.6 Å². The lowest BCUT2D eigenvalue weighted by Crippen LogP contribution is -2.45. The number of hydrogen-bond acceptors (Lipinski definition) is 8. The highest BCUT2D eigenvalue weighted by Gasteiger charge is 2.30. The number of aliphatic hydroxyl groups excluding tert-OH is 1. The lowest BCUT2D eigenvalue weighted by atomic mass is 10.0. The molecule has 0 spiro atoms. The first-order chi connectivity index (χ1) is 15.1. The van der Waals surface area contributed by atoms with Crippen molar-refractivity contribution < 1.29 is 5.11 Å². The molecule has 4 heterocycles. The predicted octanol–water partition coefficient (Wildman–Crippen LogP) is 1.48. The van der Waals surface area contributed by atoms with Crippen molar-refractivity contribution in [3.05, 3.63) is 35.0 Å². The van der Waals surface area contributed by atoms with Crippen molar-refractivity contribution in [1.29, 1.82) is 0 Å². The molecule has 0 bridgehead atoms. The normalized spacial score (nSPS) is 24.1. The van der Waals surface area contributed by atoms with Crippen LogP contribution in [-0.4, -0.2) is 59.9 Å². The van der Waals surface area contributed by atoms with Gasteiger partial charge in [-0.15, -0.1) is 0 Å². The summed E-state index contributed by atoms with van der Waals surface area (Å²) in [5.74, 6) is 1.56. The maximum absolute atomic E-state index is 12.4. The second-order valence-electron chi connectivity index (χ2n) is 8.49. The first-order valence-electron chi connectivity index (χ1n) is 11.0. The number of fused-ring (bicyclic) bond motifs is 1. The van der Waals surface area contributed by atoms with Crippen molar-refractivity contribution in [3.63, 3.8) is 0 Å². The lowest BCUT2D eigenvalue weighted by molar-refractivity contribution is 0.127. The van der Waals surface area contributed by atoms with Crippen LogP contribution in [0.25, 0.3) is 11.0 Å². The Kier molecular flexibility index (Phi) is 5.31. The molecule has 3 aromatic rings. The van der Waals surface area contributed by atoms with Crippen molar-refractivity contribution in [3.8, 4) is 0 Å². The minimum Gasteiger partial charge on any atom is -0.391 e.